The Morgan fingerprint density at radius 2 is 1.97 bits per heavy atom. The highest BCUT2D eigenvalue weighted by Crippen LogP contribution is 2.43. The smallest absolute Gasteiger partial charge is 0.275 e. The summed E-state index contributed by atoms with van der Waals surface area (Å²) in [5, 5.41) is 22.6. The summed E-state index contributed by atoms with van der Waals surface area (Å²) < 4.78 is 6.18. The van der Waals surface area contributed by atoms with Crippen LogP contribution in [0.15, 0.2) is 18.5 Å². The molecule has 10 heteroatoms. The highest BCUT2D eigenvalue weighted by molar-refractivity contribution is 5.94. The first-order chi connectivity index (χ1) is 15.6. The van der Waals surface area contributed by atoms with E-state index in [2.05, 4.69) is 30.8 Å². The molecule has 2 fully saturated rings. The first-order valence-electron chi connectivity index (χ1n) is 11.1. The molecule has 4 N–H and O–H groups in total. The SMILES string of the molecule is CNC(=O)c1nnc(Nc2cnc(C#N)cn2)cc1OCC1CCC(N)C2CCCCC12. The second-order valence-electron chi connectivity index (χ2n) is 8.47. The summed E-state index contributed by atoms with van der Waals surface area (Å²) in [4.78, 5) is 20.4. The van der Waals surface area contributed by atoms with Crippen LogP contribution in [0.5, 0.6) is 5.75 Å². The predicted octanol–water partition coefficient (Wildman–Crippen LogP) is 2.16. The van der Waals surface area contributed by atoms with Crippen LogP contribution in [-0.4, -0.2) is 45.8 Å². The Bertz CT molecular complexity index is 990. The number of nitrogens with zero attached hydrogens (tertiary/aromatic N) is 5. The Balaban J connectivity index is 1.51. The number of fused-ring (bicyclic) bond motifs is 1. The Morgan fingerprint density at radius 3 is 2.69 bits per heavy atom. The van der Waals surface area contributed by atoms with E-state index in [4.69, 9.17) is 15.7 Å². The maximum absolute atomic E-state index is 12.3. The van der Waals surface area contributed by atoms with Gasteiger partial charge in [-0.05, 0) is 43.4 Å². The number of carbonyl (C=O) groups is 1. The van der Waals surface area contributed by atoms with Crippen molar-refractivity contribution in [2.24, 2.45) is 23.5 Å². The minimum absolute atomic E-state index is 0.136. The number of hydrogen-bond donors (Lipinski definition) is 3. The van der Waals surface area contributed by atoms with Crippen molar-refractivity contribution in [3.8, 4) is 11.8 Å². The molecular formula is C22H28N8O2. The van der Waals surface area contributed by atoms with Gasteiger partial charge in [0.1, 0.15) is 11.9 Å². The number of hydrogen-bond acceptors (Lipinski definition) is 9. The molecule has 1 amide bonds. The number of ether oxygens (including phenoxy) is 1. The number of carbonyl (C=O) groups excluding carboxylic acids is 1. The van der Waals surface area contributed by atoms with Gasteiger partial charge < -0.3 is 21.1 Å². The van der Waals surface area contributed by atoms with Crippen LogP contribution < -0.4 is 21.1 Å². The molecular weight excluding hydrogens is 408 g/mol. The van der Waals surface area contributed by atoms with Gasteiger partial charge in [-0.15, -0.1) is 10.2 Å². The third-order valence-electron chi connectivity index (χ3n) is 6.58. The summed E-state index contributed by atoms with van der Waals surface area (Å²) in [5.74, 6) is 2.32. The number of amides is 1. The molecule has 0 saturated heterocycles. The average molecular weight is 437 g/mol. The van der Waals surface area contributed by atoms with Crippen molar-refractivity contribution >= 4 is 17.5 Å². The van der Waals surface area contributed by atoms with Crippen molar-refractivity contribution in [3.05, 3.63) is 29.8 Å². The monoisotopic (exact) mass is 436 g/mol. The van der Waals surface area contributed by atoms with Gasteiger partial charge in [0.15, 0.2) is 23.0 Å². The zero-order valence-electron chi connectivity index (χ0n) is 18.1. The van der Waals surface area contributed by atoms with Gasteiger partial charge in [-0.1, -0.05) is 12.8 Å². The molecule has 4 rings (SSSR count). The number of aromatic nitrogens is 4. The van der Waals surface area contributed by atoms with Gasteiger partial charge in [0.2, 0.25) is 0 Å². The number of nitrogens with one attached hydrogen (secondary N) is 2. The summed E-state index contributed by atoms with van der Waals surface area (Å²) in [6.07, 6.45) is 9.71. The number of nitrogens with two attached hydrogens (primary N) is 1. The molecule has 2 aliphatic carbocycles. The summed E-state index contributed by atoms with van der Waals surface area (Å²) in [5.41, 5.74) is 6.76. The highest BCUT2D eigenvalue weighted by Gasteiger charge is 2.39. The van der Waals surface area contributed by atoms with Crippen molar-refractivity contribution in [3.63, 3.8) is 0 Å². The molecule has 0 radical (unpaired) electrons. The van der Waals surface area contributed by atoms with E-state index in [0.717, 1.165) is 12.8 Å². The molecule has 2 aromatic rings. The highest BCUT2D eigenvalue weighted by atomic mass is 16.5. The van der Waals surface area contributed by atoms with Crippen LogP contribution in [0, 0.1) is 29.1 Å². The molecule has 4 unspecified atom stereocenters. The largest absolute Gasteiger partial charge is 0.491 e. The van der Waals surface area contributed by atoms with Crippen molar-refractivity contribution in [1.82, 2.24) is 25.5 Å². The second kappa shape index (κ2) is 9.87. The first kappa shape index (κ1) is 21.9. The van der Waals surface area contributed by atoms with Crippen molar-refractivity contribution in [1.29, 1.82) is 5.26 Å². The Morgan fingerprint density at radius 1 is 1.16 bits per heavy atom. The molecule has 168 valence electrons. The lowest BCUT2D eigenvalue weighted by Gasteiger charge is -2.44. The van der Waals surface area contributed by atoms with Crippen molar-refractivity contribution in [2.75, 3.05) is 19.0 Å². The molecule has 2 heterocycles. The minimum Gasteiger partial charge on any atom is -0.491 e. The fourth-order valence-corrected chi connectivity index (χ4v) is 4.95. The lowest BCUT2D eigenvalue weighted by Crippen LogP contribution is -2.45. The van der Waals surface area contributed by atoms with E-state index in [1.807, 2.05) is 6.07 Å². The Hall–Kier alpha value is -3.32. The molecule has 2 saturated carbocycles. The van der Waals surface area contributed by atoms with Gasteiger partial charge in [0, 0.05) is 19.2 Å². The van der Waals surface area contributed by atoms with Gasteiger partial charge in [0.05, 0.1) is 19.0 Å². The fraction of sp³-hybridized carbons (Fsp3) is 0.545. The maximum Gasteiger partial charge on any atom is 0.275 e. The molecule has 0 bridgehead atoms. The zero-order valence-corrected chi connectivity index (χ0v) is 18.1. The molecule has 4 atom stereocenters. The number of nitriles is 1. The van der Waals surface area contributed by atoms with Crippen LogP contribution in [0.2, 0.25) is 0 Å². The topological polar surface area (TPSA) is 152 Å². The van der Waals surface area contributed by atoms with E-state index in [1.165, 1.54) is 38.1 Å². The summed E-state index contributed by atoms with van der Waals surface area (Å²) in [6.45, 7) is 0.514. The minimum atomic E-state index is -0.363. The Kier molecular flexibility index (Phi) is 6.75. The van der Waals surface area contributed by atoms with E-state index in [-0.39, 0.29) is 23.3 Å². The number of anilines is 2. The van der Waals surface area contributed by atoms with Gasteiger partial charge in [-0.25, -0.2) is 9.97 Å². The van der Waals surface area contributed by atoms with Gasteiger partial charge in [-0.2, -0.15) is 5.26 Å². The van der Waals surface area contributed by atoms with Gasteiger partial charge in [-0.3, -0.25) is 4.79 Å². The van der Waals surface area contributed by atoms with Crippen LogP contribution >= 0.6 is 0 Å². The predicted molar refractivity (Wildman–Crippen MR) is 117 cm³/mol. The molecule has 0 aromatic carbocycles. The van der Waals surface area contributed by atoms with Gasteiger partial charge >= 0.3 is 0 Å². The van der Waals surface area contributed by atoms with Crippen LogP contribution in [-0.2, 0) is 0 Å². The summed E-state index contributed by atoms with van der Waals surface area (Å²) in [6, 6.07) is 3.85. The summed E-state index contributed by atoms with van der Waals surface area (Å²) in [7, 11) is 1.54. The molecule has 2 aromatic heterocycles. The Labute approximate surface area is 187 Å². The molecule has 0 spiro atoms. The third-order valence-corrected chi connectivity index (χ3v) is 6.58. The third kappa shape index (κ3) is 4.78. The average Bonchev–Trinajstić information content (AvgIpc) is 2.84. The van der Waals surface area contributed by atoms with Crippen LogP contribution in [0.1, 0.15) is 54.7 Å². The van der Waals surface area contributed by atoms with E-state index in [1.54, 1.807) is 13.1 Å². The van der Waals surface area contributed by atoms with Crippen LogP contribution in [0.4, 0.5) is 11.6 Å². The quantitative estimate of drug-likeness (QED) is 0.618. The molecule has 10 nitrogen and oxygen atoms in total. The van der Waals surface area contributed by atoms with E-state index in [0.29, 0.717) is 41.7 Å². The van der Waals surface area contributed by atoms with E-state index >= 15 is 0 Å². The van der Waals surface area contributed by atoms with Crippen LogP contribution in [0.3, 0.4) is 0 Å². The zero-order chi connectivity index (χ0) is 22.5. The first-order valence-corrected chi connectivity index (χ1v) is 11.1. The van der Waals surface area contributed by atoms with Crippen molar-refractivity contribution < 1.29 is 9.53 Å². The lowest BCUT2D eigenvalue weighted by molar-refractivity contribution is 0.0534. The normalized spacial score (nSPS) is 24.7. The van der Waals surface area contributed by atoms with Crippen LogP contribution in [0.25, 0.3) is 0 Å². The van der Waals surface area contributed by atoms with E-state index in [9.17, 15) is 4.79 Å². The van der Waals surface area contributed by atoms with Crippen molar-refractivity contribution in [2.45, 2.75) is 44.6 Å². The molecule has 2 aliphatic rings. The standard InChI is InChI=1S/C22H28N8O2/c1-25-22(31)21-18(8-19(29-30-21)28-20-11-26-14(9-23)10-27-20)32-12-13-6-7-17(24)16-5-3-2-4-15(13)16/h8,10-11,13,15-17H,2-7,12,24H2,1H3,(H,25,31)(H,27,28,29). The second-order valence-corrected chi connectivity index (χ2v) is 8.47. The molecule has 32 heavy (non-hydrogen) atoms. The van der Waals surface area contributed by atoms with E-state index < -0.39 is 0 Å². The summed E-state index contributed by atoms with van der Waals surface area (Å²) >= 11 is 0. The fourth-order valence-electron chi connectivity index (χ4n) is 4.95. The van der Waals surface area contributed by atoms with Gasteiger partial charge in [0.25, 0.3) is 5.91 Å². The number of rotatable bonds is 6. The molecule has 0 aliphatic heterocycles. The lowest BCUT2D eigenvalue weighted by atomic mass is 9.64. The maximum atomic E-state index is 12.3.